The van der Waals surface area contributed by atoms with E-state index in [4.69, 9.17) is 5.11 Å². The van der Waals surface area contributed by atoms with Crippen LogP contribution in [0.5, 0.6) is 0 Å². The molecule has 1 amide bonds. The number of nitrogens with zero attached hydrogens (tertiary/aromatic N) is 2. The molecular formula is C13H11N3O2S. The van der Waals surface area contributed by atoms with Crippen LogP contribution in [-0.2, 0) is 6.54 Å². The molecule has 6 heteroatoms. The van der Waals surface area contributed by atoms with E-state index in [2.05, 4.69) is 27.1 Å². The van der Waals surface area contributed by atoms with Crippen molar-refractivity contribution < 1.29 is 9.90 Å². The van der Waals surface area contributed by atoms with Gasteiger partial charge in [-0.15, -0.1) is 11.3 Å². The van der Waals surface area contributed by atoms with E-state index in [-0.39, 0.29) is 12.5 Å². The fraction of sp³-hybridized carbons (Fsp3) is 0.154. The second-order valence-corrected chi connectivity index (χ2v) is 4.53. The summed E-state index contributed by atoms with van der Waals surface area (Å²) in [6, 6.07) is 1.86. The van der Waals surface area contributed by atoms with Gasteiger partial charge in [0, 0.05) is 22.8 Å². The molecule has 0 radical (unpaired) electrons. The van der Waals surface area contributed by atoms with Crippen LogP contribution in [0.25, 0.3) is 0 Å². The number of hydrogen-bond acceptors (Lipinski definition) is 5. The lowest BCUT2D eigenvalue weighted by Crippen LogP contribution is -2.22. The van der Waals surface area contributed by atoms with Gasteiger partial charge in [0.25, 0.3) is 5.91 Å². The van der Waals surface area contributed by atoms with Crippen LogP contribution in [0.3, 0.4) is 0 Å². The van der Waals surface area contributed by atoms with Crippen LogP contribution < -0.4 is 5.32 Å². The fourth-order valence-corrected chi connectivity index (χ4v) is 2.17. The first kappa shape index (κ1) is 13.2. The molecule has 2 rings (SSSR count). The standard InChI is InChI=1S/C13H11N3O2S/c17-4-1-2-10-3-5-19-12(10)8-16-13(18)11-6-14-9-15-7-11/h3,5-7,9,17H,4,8H2,(H,16,18). The predicted octanol–water partition coefficient (Wildman–Crippen LogP) is 0.812. The summed E-state index contributed by atoms with van der Waals surface area (Å²) in [4.78, 5) is 20.3. The highest BCUT2D eigenvalue weighted by atomic mass is 32.1. The van der Waals surface area contributed by atoms with E-state index in [1.54, 1.807) is 0 Å². The van der Waals surface area contributed by atoms with Gasteiger partial charge in [-0.1, -0.05) is 11.8 Å². The molecule has 0 saturated carbocycles. The second-order valence-electron chi connectivity index (χ2n) is 3.53. The molecule has 5 nitrogen and oxygen atoms in total. The quantitative estimate of drug-likeness (QED) is 0.812. The minimum absolute atomic E-state index is 0.178. The molecule has 2 N–H and O–H groups in total. The number of aromatic nitrogens is 2. The van der Waals surface area contributed by atoms with Gasteiger partial charge in [0.2, 0.25) is 0 Å². The molecule has 0 atom stereocenters. The van der Waals surface area contributed by atoms with Gasteiger partial charge < -0.3 is 10.4 Å². The van der Waals surface area contributed by atoms with E-state index >= 15 is 0 Å². The summed E-state index contributed by atoms with van der Waals surface area (Å²) in [5.74, 6) is 5.20. The lowest BCUT2D eigenvalue weighted by Gasteiger charge is -2.03. The highest BCUT2D eigenvalue weighted by Gasteiger charge is 2.07. The summed E-state index contributed by atoms with van der Waals surface area (Å²) in [7, 11) is 0. The van der Waals surface area contributed by atoms with Crippen LogP contribution in [-0.4, -0.2) is 27.6 Å². The molecule has 0 aliphatic carbocycles. The number of amides is 1. The highest BCUT2D eigenvalue weighted by Crippen LogP contribution is 2.15. The van der Waals surface area contributed by atoms with Crippen LogP contribution in [0, 0.1) is 11.8 Å². The molecule has 2 aromatic rings. The molecular weight excluding hydrogens is 262 g/mol. The molecule has 0 bridgehead atoms. The summed E-state index contributed by atoms with van der Waals surface area (Å²) in [5.41, 5.74) is 1.24. The minimum Gasteiger partial charge on any atom is -0.384 e. The normalized spacial score (nSPS) is 9.53. The van der Waals surface area contributed by atoms with E-state index in [0.717, 1.165) is 10.4 Å². The molecule has 0 aromatic carbocycles. The van der Waals surface area contributed by atoms with E-state index < -0.39 is 0 Å². The molecule has 19 heavy (non-hydrogen) atoms. The van der Waals surface area contributed by atoms with Gasteiger partial charge in [0.1, 0.15) is 12.9 Å². The number of thiophene rings is 1. The second kappa shape index (κ2) is 6.64. The number of rotatable bonds is 3. The van der Waals surface area contributed by atoms with Gasteiger partial charge in [-0.05, 0) is 11.4 Å². The van der Waals surface area contributed by atoms with E-state index in [0.29, 0.717) is 12.1 Å². The lowest BCUT2D eigenvalue weighted by atomic mass is 10.2. The van der Waals surface area contributed by atoms with Crippen molar-refractivity contribution in [2.24, 2.45) is 0 Å². The first-order valence-corrected chi connectivity index (χ1v) is 6.38. The van der Waals surface area contributed by atoms with Gasteiger partial charge in [0.05, 0.1) is 12.1 Å². The summed E-state index contributed by atoms with van der Waals surface area (Å²) in [5, 5.41) is 13.3. The largest absolute Gasteiger partial charge is 0.384 e. The Morgan fingerprint density at radius 1 is 1.42 bits per heavy atom. The maximum atomic E-state index is 11.8. The molecule has 0 unspecified atom stereocenters. The van der Waals surface area contributed by atoms with E-state index in [1.807, 2.05) is 11.4 Å². The Morgan fingerprint density at radius 3 is 2.95 bits per heavy atom. The Morgan fingerprint density at radius 2 is 2.21 bits per heavy atom. The number of aliphatic hydroxyl groups excluding tert-OH is 1. The van der Waals surface area contributed by atoms with Crippen molar-refractivity contribution in [3.05, 3.63) is 46.2 Å². The average Bonchev–Trinajstić information content (AvgIpc) is 2.91. The first-order valence-electron chi connectivity index (χ1n) is 5.50. The van der Waals surface area contributed by atoms with Crippen LogP contribution in [0.2, 0.25) is 0 Å². The van der Waals surface area contributed by atoms with E-state index in [9.17, 15) is 4.79 Å². The first-order chi connectivity index (χ1) is 9.31. The number of nitrogens with one attached hydrogen (secondary N) is 1. The molecule has 2 heterocycles. The number of carbonyl (C=O) groups is 1. The summed E-state index contributed by atoms with van der Waals surface area (Å²) < 4.78 is 0. The third-order valence-electron chi connectivity index (χ3n) is 2.28. The minimum atomic E-state index is -0.227. The predicted molar refractivity (Wildman–Crippen MR) is 71.5 cm³/mol. The maximum Gasteiger partial charge on any atom is 0.254 e. The Labute approximate surface area is 114 Å². The van der Waals surface area contributed by atoms with Crippen LogP contribution in [0.1, 0.15) is 20.8 Å². The maximum absolute atomic E-state index is 11.8. The van der Waals surface area contributed by atoms with Crippen molar-refractivity contribution in [3.8, 4) is 11.8 Å². The van der Waals surface area contributed by atoms with Gasteiger partial charge in [0.15, 0.2) is 0 Å². The van der Waals surface area contributed by atoms with Crippen molar-refractivity contribution in [3.63, 3.8) is 0 Å². The highest BCUT2D eigenvalue weighted by molar-refractivity contribution is 7.10. The van der Waals surface area contributed by atoms with Gasteiger partial charge in [-0.3, -0.25) is 4.79 Å². The van der Waals surface area contributed by atoms with Gasteiger partial charge >= 0.3 is 0 Å². The molecule has 0 aliphatic heterocycles. The monoisotopic (exact) mass is 273 g/mol. The van der Waals surface area contributed by atoms with Gasteiger partial charge in [-0.25, -0.2) is 9.97 Å². The Balaban J connectivity index is 2.00. The average molecular weight is 273 g/mol. The SMILES string of the molecule is O=C(NCc1sccc1C#CCO)c1cncnc1. The zero-order valence-electron chi connectivity index (χ0n) is 9.96. The Hall–Kier alpha value is -2.23. The third kappa shape index (κ3) is 3.61. The summed E-state index contributed by atoms with van der Waals surface area (Å²) in [6.45, 7) is 0.212. The van der Waals surface area contributed by atoms with Gasteiger partial charge in [-0.2, -0.15) is 0 Å². The van der Waals surface area contributed by atoms with Crippen LogP contribution in [0.4, 0.5) is 0 Å². The zero-order chi connectivity index (χ0) is 13.5. The molecule has 0 fully saturated rings. The number of aliphatic hydroxyl groups is 1. The molecule has 0 aliphatic rings. The summed E-state index contributed by atoms with van der Waals surface area (Å²) in [6.07, 6.45) is 4.30. The number of hydrogen-bond donors (Lipinski definition) is 2. The molecule has 96 valence electrons. The summed E-state index contributed by atoms with van der Waals surface area (Å²) >= 11 is 1.51. The topological polar surface area (TPSA) is 75.1 Å². The van der Waals surface area contributed by atoms with E-state index in [1.165, 1.54) is 30.1 Å². The smallest absolute Gasteiger partial charge is 0.254 e. The van der Waals surface area contributed by atoms with Crippen molar-refractivity contribution in [1.29, 1.82) is 0 Å². The van der Waals surface area contributed by atoms with Crippen LogP contribution >= 0.6 is 11.3 Å². The third-order valence-corrected chi connectivity index (χ3v) is 3.20. The lowest BCUT2D eigenvalue weighted by molar-refractivity contribution is 0.0950. The fourth-order valence-electron chi connectivity index (χ4n) is 1.40. The Kier molecular flexibility index (Phi) is 4.61. The Bertz CT molecular complexity index is 614. The van der Waals surface area contributed by atoms with Crippen molar-refractivity contribution >= 4 is 17.2 Å². The van der Waals surface area contributed by atoms with Crippen molar-refractivity contribution in [2.45, 2.75) is 6.54 Å². The zero-order valence-corrected chi connectivity index (χ0v) is 10.8. The number of carbonyl (C=O) groups excluding carboxylic acids is 1. The van der Waals surface area contributed by atoms with Crippen molar-refractivity contribution in [2.75, 3.05) is 6.61 Å². The van der Waals surface area contributed by atoms with Crippen LogP contribution in [0.15, 0.2) is 30.2 Å². The van der Waals surface area contributed by atoms with Crippen molar-refractivity contribution in [1.82, 2.24) is 15.3 Å². The molecule has 2 aromatic heterocycles. The molecule has 0 spiro atoms. The molecule has 0 saturated heterocycles.